The highest BCUT2D eigenvalue weighted by molar-refractivity contribution is 7.91. The number of para-hydroxylation sites is 1. The van der Waals surface area contributed by atoms with Crippen LogP contribution in [0.1, 0.15) is 42.5 Å². The second-order valence-electron chi connectivity index (χ2n) is 7.41. The van der Waals surface area contributed by atoms with Crippen LogP contribution in [0.2, 0.25) is 0 Å². The fraction of sp³-hybridized carbons (Fsp3) is 0.600. The Morgan fingerprint density at radius 2 is 1.79 bits per heavy atom. The van der Waals surface area contributed by atoms with Crippen molar-refractivity contribution in [1.29, 1.82) is 0 Å². The number of benzene rings is 1. The molecule has 1 aromatic carbocycles. The third kappa shape index (κ3) is 4.83. The zero-order chi connectivity index (χ0) is 21.0. The lowest BCUT2D eigenvalue weighted by Gasteiger charge is -2.33. The number of sulfone groups is 1. The second kappa shape index (κ2) is 9.02. The van der Waals surface area contributed by atoms with Gasteiger partial charge in [0, 0.05) is 12.1 Å². The predicted molar refractivity (Wildman–Crippen MR) is 106 cm³/mol. The van der Waals surface area contributed by atoms with Gasteiger partial charge < -0.3 is 19.1 Å². The van der Waals surface area contributed by atoms with Crippen LogP contribution in [0, 0.1) is 0 Å². The largest absolute Gasteiger partial charge is 0.493 e. The molecule has 9 heteroatoms. The number of ether oxygens (including phenoxy) is 3. The van der Waals surface area contributed by atoms with Crippen LogP contribution in [0.15, 0.2) is 18.2 Å². The van der Waals surface area contributed by atoms with Crippen LogP contribution in [0.3, 0.4) is 0 Å². The molecule has 0 spiro atoms. The maximum absolute atomic E-state index is 12.9. The highest BCUT2D eigenvalue weighted by atomic mass is 32.2. The smallest absolute Gasteiger partial charge is 0.342 e. The molecule has 1 amide bonds. The van der Waals surface area contributed by atoms with Gasteiger partial charge in [0.25, 0.3) is 5.91 Å². The molecule has 29 heavy (non-hydrogen) atoms. The molecule has 2 aliphatic rings. The number of hydrogen-bond donors (Lipinski definition) is 0. The molecule has 1 saturated heterocycles. The lowest BCUT2D eigenvalue weighted by molar-refractivity contribution is -0.139. The maximum Gasteiger partial charge on any atom is 0.342 e. The third-order valence-corrected chi connectivity index (χ3v) is 7.31. The van der Waals surface area contributed by atoms with E-state index in [0.717, 1.165) is 25.7 Å². The van der Waals surface area contributed by atoms with E-state index in [9.17, 15) is 18.0 Å². The number of hydrogen-bond acceptors (Lipinski definition) is 7. The topological polar surface area (TPSA) is 99.2 Å². The van der Waals surface area contributed by atoms with E-state index in [2.05, 4.69) is 0 Å². The summed E-state index contributed by atoms with van der Waals surface area (Å²) in [5.74, 6) is -0.352. The van der Waals surface area contributed by atoms with Crippen LogP contribution in [-0.4, -0.2) is 69.6 Å². The van der Waals surface area contributed by atoms with E-state index in [0.29, 0.717) is 12.2 Å². The standard InChI is InChI=1S/C20H27NO7S/c1-26-17-9-5-8-16(19(17)27-2)20(23)28-12-18(22)21(14-6-3-4-7-14)15-10-11-29(24,25)13-15/h5,8-9,14-15H,3-4,6-7,10-13H2,1-2H3/t15-/m0/s1. The molecule has 160 valence electrons. The van der Waals surface area contributed by atoms with Gasteiger partial charge in [-0.25, -0.2) is 13.2 Å². The molecule has 1 heterocycles. The van der Waals surface area contributed by atoms with Gasteiger partial charge in [-0.3, -0.25) is 4.79 Å². The summed E-state index contributed by atoms with van der Waals surface area (Å²) in [4.78, 5) is 27.1. The fourth-order valence-corrected chi connectivity index (χ4v) is 5.92. The van der Waals surface area contributed by atoms with Crippen molar-refractivity contribution in [2.24, 2.45) is 0 Å². The molecule has 3 rings (SSSR count). The molecule has 1 aliphatic heterocycles. The Morgan fingerprint density at radius 1 is 1.07 bits per heavy atom. The molecule has 1 aliphatic carbocycles. The molecular formula is C20H27NO7S. The van der Waals surface area contributed by atoms with Crippen LogP contribution in [-0.2, 0) is 19.4 Å². The van der Waals surface area contributed by atoms with Crippen LogP contribution in [0.5, 0.6) is 11.5 Å². The van der Waals surface area contributed by atoms with Gasteiger partial charge in [-0.2, -0.15) is 0 Å². The highest BCUT2D eigenvalue weighted by Gasteiger charge is 2.39. The van der Waals surface area contributed by atoms with Gasteiger partial charge in [-0.1, -0.05) is 18.9 Å². The predicted octanol–water partition coefficient (Wildman–Crippen LogP) is 1.82. The quantitative estimate of drug-likeness (QED) is 0.615. The van der Waals surface area contributed by atoms with Gasteiger partial charge >= 0.3 is 5.97 Å². The van der Waals surface area contributed by atoms with E-state index in [1.807, 2.05) is 0 Å². The third-order valence-electron chi connectivity index (χ3n) is 5.56. The number of carbonyl (C=O) groups is 2. The van der Waals surface area contributed by atoms with Gasteiger partial charge in [-0.05, 0) is 31.4 Å². The molecule has 1 aromatic rings. The Kier molecular flexibility index (Phi) is 6.66. The van der Waals surface area contributed by atoms with Crippen LogP contribution in [0.25, 0.3) is 0 Å². The first-order chi connectivity index (χ1) is 13.9. The van der Waals surface area contributed by atoms with Gasteiger partial charge in [0.05, 0.1) is 25.7 Å². The zero-order valence-electron chi connectivity index (χ0n) is 16.8. The molecule has 0 N–H and O–H groups in total. The van der Waals surface area contributed by atoms with Crippen molar-refractivity contribution < 1.29 is 32.2 Å². The summed E-state index contributed by atoms with van der Waals surface area (Å²) in [5, 5.41) is 0. The summed E-state index contributed by atoms with van der Waals surface area (Å²) in [6.45, 7) is -0.438. The van der Waals surface area contributed by atoms with Crippen molar-refractivity contribution in [2.75, 3.05) is 32.3 Å². The summed E-state index contributed by atoms with van der Waals surface area (Å²) in [6, 6.07) is 4.48. The van der Waals surface area contributed by atoms with E-state index >= 15 is 0 Å². The molecule has 1 atom stereocenters. The number of methoxy groups -OCH3 is 2. The minimum Gasteiger partial charge on any atom is -0.493 e. The summed E-state index contributed by atoms with van der Waals surface area (Å²) in [6.07, 6.45) is 4.14. The van der Waals surface area contributed by atoms with E-state index in [1.54, 1.807) is 17.0 Å². The molecule has 0 unspecified atom stereocenters. The van der Waals surface area contributed by atoms with Gasteiger partial charge in [0.2, 0.25) is 0 Å². The SMILES string of the molecule is COc1cccc(C(=O)OCC(=O)N(C2CCCC2)[C@H]2CCS(=O)(=O)C2)c1OC. The van der Waals surface area contributed by atoms with E-state index in [4.69, 9.17) is 14.2 Å². The first-order valence-corrected chi connectivity index (χ1v) is 11.6. The first kappa shape index (κ1) is 21.4. The number of rotatable bonds is 7. The monoisotopic (exact) mass is 425 g/mol. The zero-order valence-corrected chi connectivity index (χ0v) is 17.6. The van der Waals surface area contributed by atoms with Crippen LogP contribution >= 0.6 is 0 Å². The van der Waals surface area contributed by atoms with E-state index < -0.39 is 22.4 Å². The molecular weight excluding hydrogens is 398 g/mol. The van der Waals surface area contributed by atoms with Gasteiger partial charge in [-0.15, -0.1) is 0 Å². The van der Waals surface area contributed by atoms with Crippen LogP contribution in [0.4, 0.5) is 0 Å². The van der Waals surface area contributed by atoms with Crippen molar-refractivity contribution >= 4 is 21.7 Å². The van der Waals surface area contributed by atoms with Crippen molar-refractivity contribution in [3.05, 3.63) is 23.8 Å². The second-order valence-corrected chi connectivity index (χ2v) is 9.64. The van der Waals surface area contributed by atoms with Crippen LogP contribution < -0.4 is 9.47 Å². The van der Waals surface area contributed by atoms with E-state index in [1.165, 1.54) is 20.3 Å². The molecule has 0 bridgehead atoms. The molecule has 0 aromatic heterocycles. The van der Waals surface area contributed by atoms with Gasteiger partial charge in [0.1, 0.15) is 5.56 Å². The minimum atomic E-state index is -3.13. The maximum atomic E-state index is 12.9. The molecule has 8 nitrogen and oxygen atoms in total. The molecule has 0 radical (unpaired) electrons. The Labute approximate surface area is 171 Å². The fourth-order valence-electron chi connectivity index (χ4n) is 4.21. The lowest BCUT2D eigenvalue weighted by atomic mass is 10.1. The number of esters is 1. The Hall–Kier alpha value is -2.29. The average molecular weight is 426 g/mol. The summed E-state index contributed by atoms with van der Waals surface area (Å²) in [5.41, 5.74) is 0.163. The van der Waals surface area contributed by atoms with E-state index in [-0.39, 0.29) is 40.8 Å². The Morgan fingerprint density at radius 3 is 2.38 bits per heavy atom. The normalized spacial score (nSPS) is 21.0. The highest BCUT2D eigenvalue weighted by Crippen LogP contribution is 2.32. The summed E-state index contributed by atoms with van der Waals surface area (Å²) < 4.78 is 39.5. The van der Waals surface area contributed by atoms with Crippen molar-refractivity contribution in [3.8, 4) is 11.5 Å². The van der Waals surface area contributed by atoms with Crippen molar-refractivity contribution in [2.45, 2.75) is 44.2 Å². The van der Waals surface area contributed by atoms with Crippen molar-refractivity contribution in [1.82, 2.24) is 4.90 Å². The lowest BCUT2D eigenvalue weighted by Crippen LogP contribution is -2.48. The summed E-state index contributed by atoms with van der Waals surface area (Å²) in [7, 11) is -0.244. The number of carbonyl (C=O) groups excluding carboxylic acids is 2. The Balaban J connectivity index is 1.71. The number of nitrogens with zero attached hydrogens (tertiary/aromatic N) is 1. The number of amides is 1. The minimum absolute atomic E-state index is 0.00542. The van der Waals surface area contributed by atoms with Gasteiger partial charge in [0.15, 0.2) is 27.9 Å². The first-order valence-electron chi connectivity index (χ1n) is 9.76. The molecule has 1 saturated carbocycles. The van der Waals surface area contributed by atoms with Crippen molar-refractivity contribution in [3.63, 3.8) is 0 Å². The molecule has 2 fully saturated rings. The average Bonchev–Trinajstić information content (AvgIpc) is 3.35. The Bertz CT molecular complexity index is 862. The summed E-state index contributed by atoms with van der Waals surface area (Å²) >= 11 is 0.